The molecule has 31 heavy (non-hydrogen) atoms. The minimum absolute atomic E-state index is 0.0628. The summed E-state index contributed by atoms with van der Waals surface area (Å²) in [4.78, 5) is 32.8. The van der Waals surface area contributed by atoms with Gasteiger partial charge in [0.2, 0.25) is 5.91 Å². The molecule has 0 unspecified atom stereocenters. The van der Waals surface area contributed by atoms with Gasteiger partial charge in [-0.05, 0) is 49.6 Å². The first-order valence-corrected chi connectivity index (χ1v) is 12.0. The van der Waals surface area contributed by atoms with Gasteiger partial charge < -0.3 is 4.90 Å². The predicted molar refractivity (Wildman–Crippen MR) is 127 cm³/mol. The number of fused-ring (bicyclic) bond motifs is 1. The molecule has 0 atom stereocenters. The summed E-state index contributed by atoms with van der Waals surface area (Å²) < 4.78 is 1.56. The fourth-order valence-corrected chi connectivity index (χ4v) is 5.17. The average Bonchev–Trinajstić information content (AvgIpc) is 2.79. The lowest BCUT2D eigenvalue weighted by atomic mass is 9.94. The zero-order valence-electron chi connectivity index (χ0n) is 17.8. The van der Waals surface area contributed by atoms with Crippen LogP contribution in [-0.2, 0) is 4.79 Å². The number of halogens is 1. The van der Waals surface area contributed by atoms with Crippen molar-refractivity contribution in [2.24, 2.45) is 0 Å². The molecule has 0 N–H and O–H groups in total. The van der Waals surface area contributed by atoms with Crippen molar-refractivity contribution in [1.82, 2.24) is 14.5 Å². The first-order valence-electron chi connectivity index (χ1n) is 10.6. The van der Waals surface area contributed by atoms with E-state index in [9.17, 15) is 9.59 Å². The molecule has 5 nitrogen and oxygen atoms in total. The summed E-state index contributed by atoms with van der Waals surface area (Å²) in [6.45, 7) is 1.92. The van der Waals surface area contributed by atoms with Crippen LogP contribution in [0.2, 0.25) is 5.02 Å². The van der Waals surface area contributed by atoms with Crippen LogP contribution in [-0.4, -0.2) is 39.2 Å². The molecule has 1 amide bonds. The van der Waals surface area contributed by atoms with Gasteiger partial charge >= 0.3 is 0 Å². The Morgan fingerprint density at radius 3 is 2.68 bits per heavy atom. The Kier molecular flexibility index (Phi) is 6.68. The summed E-state index contributed by atoms with van der Waals surface area (Å²) in [6.07, 6.45) is 5.73. The molecule has 1 aromatic heterocycles. The number of amides is 1. The molecule has 0 spiro atoms. The van der Waals surface area contributed by atoms with Gasteiger partial charge in [0.05, 0.1) is 22.3 Å². The van der Waals surface area contributed by atoms with Crippen molar-refractivity contribution >= 4 is 40.2 Å². The fraction of sp³-hybridized carbons (Fsp3) is 0.375. The van der Waals surface area contributed by atoms with Crippen molar-refractivity contribution in [1.29, 1.82) is 0 Å². The number of rotatable bonds is 5. The summed E-state index contributed by atoms with van der Waals surface area (Å²) in [5.74, 6) is 0.296. The monoisotopic (exact) mass is 455 g/mol. The van der Waals surface area contributed by atoms with Crippen LogP contribution in [0, 0.1) is 6.92 Å². The van der Waals surface area contributed by atoms with Crippen molar-refractivity contribution in [3.05, 3.63) is 63.4 Å². The van der Waals surface area contributed by atoms with Crippen LogP contribution in [0.4, 0.5) is 0 Å². The highest BCUT2D eigenvalue weighted by molar-refractivity contribution is 7.99. The van der Waals surface area contributed by atoms with E-state index in [1.807, 2.05) is 49.2 Å². The summed E-state index contributed by atoms with van der Waals surface area (Å²) in [5, 5.41) is 1.62. The van der Waals surface area contributed by atoms with Crippen molar-refractivity contribution in [3.8, 4) is 5.69 Å². The van der Waals surface area contributed by atoms with E-state index in [0.717, 1.165) is 18.4 Å². The van der Waals surface area contributed by atoms with E-state index in [1.54, 1.807) is 16.7 Å². The maximum absolute atomic E-state index is 13.3. The number of carbonyl (C=O) groups excluding carboxylic acids is 1. The molecule has 4 rings (SSSR count). The predicted octanol–water partition coefficient (Wildman–Crippen LogP) is 5.23. The lowest BCUT2D eigenvalue weighted by molar-refractivity contribution is -0.129. The second-order valence-electron chi connectivity index (χ2n) is 8.07. The molecule has 1 fully saturated rings. The van der Waals surface area contributed by atoms with Crippen LogP contribution >= 0.6 is 23.4 Å². The maximum Gasteiger partial charge on any atom is 0.266 e. The third-order valence-corrected chi connectivity index (χ3v) is 7.33. The molecule has 1 saturated carbocycles. The minimum Gasteiger partial charge on any atom is -0.342 e. The Balaban J connectivity index is 1.68. The van der Waals surface area contributed by atoms with Gasteiger partial charge in [0.25, 0.3) is 5.56 Å². The topological polar surface area (TPSA) is 55.2 Å². The Hall–Kier alpha value is -2.31. The number of para-hydroxylation sites is 1. The van der Waals surface area contributed by atoms with Crippen molar-refractivity contribution in [3.63, 3.8) is 0 Å². The van der Waals surface area contributed by atoms with E-state index in [-0.39, 0.29) is 17.2 Å². The molecule has 2 aromatic carbocycles. The number of aryl methyl sites for hydroxylation is 1. The van der Waals surface area contributed by atoms with Gasteiger partial charge in [-0.2, -0.15) is 0 Å². The SMILES string of the molecule is Cc1ccc(-n2c(SCC(=O)N(C)C3CCCCC3)nc3ccccc3c2=O)cc1Cl. The molecular weight excluding hydrogens is 430 g/mol. The van der Waals surface area contributed by atoms with Gasteiger partial charge in [-0.15, -0.1) is 0 Å². The third-order valence-electron chi connectivity index (χ3n) is 6.00. The Morgan fingerprint density at radius 2 is 1.94 bits per heavy atom. The molecule has 0 bridgehead atoms. The smallest absolute Gasteiger partial charge is 0.266 e. The van der Waals surface area contributed by atoms with Crippen molar-refractivity contribution in [2.45, 2.75) is 50.2 Å². The average molecular weight is 456 g/mol. The number of hydrogen-bond donors (Lipinski definition) is 0. The molecule has 1 aliphatic carbocycles. The molecule has 3 aromatic rings. The van der Waals surface area contributed by atoms with E-state index in [4.69, 9.17) is 16.6 Å². The van der Waals surface area contributed by atoms with Gasteiger partial charge in [-0.25, -0.2) is 4.98 Å². The van der Waals surface area contributed by atoms with E-state index in [2.05, 4.69) is 0 Å². The number of nitrogens with zero attached hydrogens (tertiary/aromatic N) is 3. The van der Waals surface area contributed by atoms with Gasteiger partial charge in [-0.1, -0.05) is 60.8 Å². The Bertz CT molecular complexity index is 1170. The van der Waals surface area contributed by atoms with Crippen LogP contribution in [0.25, 0.3) is 16.6 Å². The van der Waals surface area contributed by atoms with E-state index < -0.39 is 0 Å². The van der Waals surface area contributed by atoms with Crippen LogP contribution < -0.4 is 5.56 Å². The largest absolute Gasteiger partial charge is 0.342 e. The minimum atomic E-state index is -0.166. The van der Waals surface area contributed by atoms with Crippen LogP contribution in [0.5, 0.6) is 0 Å². The fourth-order valence-electron chi connectivity index (χ4n) is 4.06. The maximum atomic E-state index is 13.3. The highest BCUT2D eigenvalue weighted by Gasteiger charge is 2.23. The lowest BCUT2D eigenvalue weighted by Crippen LogP contribution is -2.39. The molecule has 7 heteroatoms. The van der Waals surface area contributed by atoms with E-state index >= 15 is 0 Å². The summed E-state index contributed by atoms with van der Waals surface area (Å²) in [5.41, 5.74) is 2.04. The zero-order valence-corrected chi connectivity index (χ0v) is 19.4. The van der Waals surface area contributed by atoms with Crippen LogP contribution in [0.1, 0.15) is 37.7 Å². The second-order valence-corrected chi connectivity index (χ2v) is 9.42. The van der Waals surface area contributed by atoms with Crippen LogP contribution in [0.3, 0.4) is 0 Å². The molecule has 1 aliphatic rings. The summed E-state index contributed by atoms with van der Waals surface area (Å²) in [7, 11) is 1.89. The quantitative estimate of drug-likeness (QED) is 0.390. The standard InChI is InChI=1S/C24H26ClN3O2S/c1-16-12-13-18(14-20(16)25)28-23(30)19-10-6-7-11-21(19)26-24(28)31-15-22(29)27(2)17-8-4-3-5-9-17/h6-7,10-14,17H,3-5,8-9,15H2,1-2H3. The molecule has 0 radical (unpaired) electrons. The third kappa shape index (κ3) is 4.65. The summed E-state index contributed by atoms with van der Waals surface area (Å²) >= 11 is 7.64. The highest BCUT2D eigenvalue weighted by Crippen LogP contribution is 2.26. The van der Waals surface area contributed by atoms with Crippen LogP contribution in [0.15, 0.2) is 52.4 Å². The molecule has 162 valence electrons. The van der Waals surface area contributed by atoms with Gasteiger partial charge in [-0.3, -0.25) is 14.2 Å². The Morgan fingerprint density at radius 1 is 1.19 bits per heavy atom. The number of thioether (sulfide) groups is 1. The normalized spacial score (nSPS) is 14.7. The number of hydrogen-bond acceptors (Lipinski definition) is 4. The number of aromatic nitrogens is 2. The van der Waals surface area contributed by atoms with E-state index in [0.29, 0.717) is 32.8 Å². The first-order chi connectivity index (χ1) is 15.0. The number of benzene rings is 2. The number of carbonyl (C=O) groups is 1. The second kappa shape index (κ2) is 9.45. The molecule has 0 aliphatic heterocycles. The molecule has 1 heterocycles. The van der Waals surface area contributed by atoms with E-state index in [1.165, 1.54) is 31.0 Å². The first kappa shape index (κ1) is 21.9. The molecule has 0 saturated heterocycles. The molecular formula is C24H26ClN3O2S. The lowest BCUT2D eigenvalue weighted by Gasteiger charge is -2.31. The van der Waals surface area contributed by atoms with Crippen molar-refractivity contribution in [2.75, 3.05) is 12.8 Å². The zero-order chi connectivity index (χ0) is 22.0. The van der Waals surface area contributed by atoms with Gasteiger partial charge in [0.15, 0.2) is 5.16 Å². The summed E-state index contributed by atoms with van der Waals surface area (Å²) in [6, 6.07) is 13.1. The van der Waals surface area contributed by atoms with Crippen molar-refractivity contribution < 1.29 is 4.79 Å². The van der Waals surface area contributed by atoms with Gasteiger partial charge in [0.1, 0.15) is 0 Å². The van der Waals surface area contributed by atoms with Gasteiger partial charge in [0, 0.05) is 18.1 Å². The Labute approximate surface area is 191 Å². The highest BCUT2D eigenvalue weighted by atomic mass is 35.5.